The highest BCUT2D eigenvalue weighted by molar-refractivity contribution is 5.57. The van der Waals surface area contributed by atoms with Crippen molar-refractivity contribution in [2.45, 2.75) is 55.1 Å². The first-order valence-corrected chi connectivity index (χ1v) is 6.84. The predicted octanol–water partition coefficient (Wildman–Crippen LogP) is -5.55. The van der Waals surface area contributed by atoms with Gasteiger partial charge in [-0.25, -0.2) is 0 Å². The molecule has 1 aliphatic heterocycles. The van der Waals surface area contributed by atoms with Gasteiger partial charge in [-0.05, 0) is 0 Å². The Hall–Kier alpha value is -0.730. The first-order chi connectivity index (χ1) is 10.8. The highest BCUT2D eigenvalue weighted by Crippen LogP contribution is 2.23. The van der Waals surface area contributed by atoms with E-state index in [-0.39, 0.29) is 6.29 Å². The van der Waals surface area contributed by atoms with Crippen molar-refractivity contribution in [2.24, 2.45) is 0 Å². The summed E-state index contributed by atoms with van der Waals surface area (Å²) in [4.78, 5) is 11.0. The average molecular weight is 342 g/mol. The molecular formula is C12H22O11. The molecule has 0 radical (unpaired) electrons. The van der Waals surface area contributed by atoms with Crippen LogP contribution >= 0.6 is 0 Å². The van der Waals surface area contributed by atoms with E-state index in [1.807, 2.05) is 0 Å². The van der Waals surface area contributed by atoms with E-state index in [9.17, 15) is 35.4 Å². The molecule has 0 bridgehead atoms. The zero-order chi connectivity index (χ0) is 17.7. The summed E-state index contributed by atoms with van der Waals surface area (Å²) in [7, 11) is 0. The van der Waals surface area contributed by atoms with Gasteiger partial charge < -0.3 is 55.1 Å². The van der Waals surface area contributed by atoms with E-state index < -0.39 is 68.3 Å². The Balaban J connectivity index is 2.79. The van der Waals surface area contributed by atoms with Gasteiger partial charge in [-0.2, -0.15) is 0 Å². The summed E-state index contributed by atoms with van der Waals surface area (Å²) in [5.74, 6) is 0. The van der Waals surface area contributed by atoms with E-state index in [1.54, 1.807) is 0 Å². The Morgan fingerprint density at radius 3 is 2.09 bits per heavy atom. The van der Waals surface area contributed by atoms with Gasteiger partial charge in [-0.3, -0.25) is 0 Å². The van der Waals surface area contributed by atoms with Crippen LogP contribution in [0.5, 0.6) is 0 Å². The normalized spacial score (nSPS) is 37.0. The zero-order valence-corrected chi connectivity index (χ0v) is 12.0. The molecule has 8 N–H and O–H groups in total. The fourth-order valence-electron chi connectivity index (χ4n) is 2.06. The molecule has 1 rings (SSSR count). The molecule has 1 aliphatic rings. The summed E-state index contributed by atoms with van der Waals surface area (Å²) >= 11 is 0. The van der Waals surface area contributed by atoms with Gasteiger partial charge in [0, 0.05) is 0 Å². The number of hydrogen-bond acceptors (Lipinski definition) is 11. The highest BCUT2D eigenvalue weighted by Gasteiger charge is 2.46. The van der Waals surface area contributed by atoms with Gasteiger partial charge in [-0.1, -0.05) is 0 Å². The van der Waals surface area contributed by atoms with E-state index in [0.717, 1.165) is 0 Å². The minimum absolute atomic E-state index is 0.0550. The van der Waals surface area contributed by atoms with Crippen LogP contribution in [0.15, 0.2) is 0 Å². The standard InChI is InChI=1S/C12H22O11/c13-1-4(16)7(17)8(18)5(2-14)22-12-11(21)10(20)9(19)6(3-15)23-12/h2,4-13,15-21H,1,3H2/t4-,5+,6-,7+,8-,9-,10+,11-,12?/m1/s1. The summed E-state index contributed by atoms with van der Waals surface area (Å²) in [6.07, 6.45) is -15.5. The molecule has 1 heterocycles. The molecule has 0 aromatic carbocycles. The summed E-state index contributed by atoms with van der Waals surface area (Å²) in [6, 6.07) is 0. The van der Waals surface area contributed by atoms with Crippen molar-refractivity contribution < 1.29 is 55.1 Å². The molecule has 1 unspecified atom stereocenters. The molecule has 11 nitrogen and oxygen atoms in total. The number of aldehydes is 1. The summed E-state index contributed by atoms with van der Waals surface area (Å²) in [5.41, 5.74) is 0. The third kappa shape index (κ3) is 4.64. The largest absolute Gasteiger partial charge is 0.394 e. The van der Waals surface area contributed by atoms with Crippen LogP contribution in [0.3, 0.4) is 0 Å². The SMILES string of the molecule is O=C[C@H](OC1O[C@H](CO)[C@@H](O)[C@H](O)[C@H]1O)[C@@H](O)[C@@H](O)[C@H](O)CO. The van der Waals surface area contributed by atoms with Crippen LogP contribution in [0.4, 0.5) is 0 Å². The number of carbonyl (C=O) groups excluding carboxylic acids is 1. The Bertz CT molecular complexity index is 365. The van der Waals surface area contributed by atoms with Crippen molar-refractivity contribution in [1.82, 2.24) is 0 Å². The number of ether oxygens (including phenoxy) is 2. The topological polar surface area (TPSA) is 197 Å². The fourth-order valence-corrected chi connectivity index (χ4v) is 2.06. The molecule has 136 valence electrons. The third-order valence-corrected chi connectivity index (χ3v) is 3.54. The minimum atomic E-state index is -1.97. The van der Waals surface area contributed by atoms with Crippen LogP contribution in [0.25, 0.3) is 0 Å². The van der Waals surface area contributed by atoms with E-state index >= 15 is 0 Å². The van der Waals surface area contributed by atoms with Crippen LogP contribution < -0.4 is 0 Å². The molecule has 1 fully saturated rings. The lowest BCUT2D eigenvalue weighted by atomic mass is 9.99. The van der Waals surface area contributed by atoms with E-state index in [0.29, 0.717) is 0 Å². The molecule has 0 aliphatic carbocycles. The third-order valence-electron chi connectivity index (χ3n) is 3.54. The number of rotatable bonds is 8. The lowest BCUT2D eigenvalue weighted by molar-refractivity contribution is -0.315. The van der Waals surface area contributed by atoms with Gasteiger partial charge in [0.2, 0.25) is 0 Å². The smallest absolute Gasteiger partial charge is 0.187 e. The maximum absolute atomic E-state index is 11.0. The number of carbonyl (C=O) groups is 1. The maximum atomic E-state index is 11.0. The second-order valence-corrected chi connectivity index (χ2v) is 5.17. The second kappa shape index (κ2) is 8.94. The predicted molar refractivity (Wildman–Crippen MR) is 69.8 cm³/mol. The van der Waals surface area contributed by atoms with Crippen LogP contribution in [-0.4, -0.2) is 115 Å². The zero-order valence-electron chi connectivity index (χ0n) is 12.0. The van der Waals surface area contributed by atoms with Crippen molar-refractivity contribution in [2.75, 3.05) is 13.2 Å². The van der Waals surface area contributed by atoms with E-state index in [1.165, 1.54) is 0 Å². The van der Waals surface area contributed by atoms with Crippen LogP contribution in [0.2, 0.25) is 0 Å². The van der Waals surface area contributed by atoms with Crippen molar-refractivity contribution in [3.8, 4) is 0 Å². The van der Waals surface area contributed by atoms with Gasteiger partial charge in [0.15, 0.2) is 12.6 Å². The first kappa shape index (κ1) is 20.3. The fraction of sp³-hybridized carbons (Fsp3) is 0.917. The molecule has 11 heteroatoms. The molecule has 0 aromatic rings. The van der Waals surface area contributed by atoms with E-state index in [2.05, 4.69) is 0 Å². The van der Waals surface area contributed by atoms with Crippen molar-refractivity contribution in [3.05, 3.63) is 0 Å². The number of hydrogen-bond donors (Lipinski definition) is 8. The van der Waals surface area contributed by atoms with Crippen molar-refractivity contribution in [3.63, 3.8) is 0 Å². The van der Waals surface area contributed by atoms with E-state index in [4.69, 9.17) is 19.7 Å². The second-order valence-electron chi connectivity index (χ2n) is 5.17. The average Bonchev–Trinajstić information content (AvgIpc) is 2.57. The summed E-state index contributed by atoms with van der Waals surface area (Å²) in [6.45, 7) is -1.60. The molecule has 0 spiro atoms. The van der Waals surface area contributed by atoms with Crippen LogP contribution in [0, 0.1) is 0 Å². The van der Waals surface area contributed by atoms with Crippen LogP contribution in [-0.2, 0) is 14.3 Å². The molecule has 0 amide bonds. The lowest BCUT2D eigenvalue weighted by Gasteiger charge is -2.41. The summed E-state index contributed by atoms with van der Waals surface area (Å²) in [5, 5.41) is 75.2. The number of aliphatic hydroxyl groups excluding tert-OH is 8. The quantitative estimate of drug-likeness (QED) is 0.196. The van der Waals surface area contributed by atoms with Crippen molar-refractivity contribution >= 4 is 6.29 Å². The van der Waals surface area contributed by atoms with Crippen molar-refractivity contribution in [1.29, 1.82) is 0 Å². The Kier molecular flexibility index (Phi) is 7.89. The highest BCUT2D eigenvalue weighted by atomic mass is 16.7. The molecule has 23 heavy (non-hydrogen) atoms. The van der Waals surface area contributed by atoms with Gasteiger partial charge in [0.25, 0.3) is 0 Å². The molecule has 0 saturated carbocycles. The summed E-state index contributed by atoms with van der Waals surface area (Å²) < 4.78 is 9.94. The Morgan fingerprint density at radius 2 is 1.61 bits per heavy atom. The maximum Gasteiger partial charge on any atom is 0.187 e. The Labute approximate surface area is 130 Å². The van der Waals surface area contributed by atoms with Gasteiger partial charge in [-0.15, -0.1) is 0 Å². The monoisotopic (exact) mass is 342 g/mol. The molecule has 9 atom stereocenters. The van der Waals surface area contributed by atoms with Gasteiger partial charge >= 0.3 is 0 Å². The number of aliphatic hydroxyl groups is 8. The first-order valence-electron chi connectivity index (χ1n) is 6.84. The molecular weight excluding hydrogens is 320 g/mol. The van der Waals surface area contributed by atoms with Gasteiger partial charge in [0.05, 0.1) is 13.2 Å². The van der Waals surface area contributed by atoms with Crippen LogP contribution in [0.1, 0.15) is 0 Å². The Morgan fingerprint density at radius 1 is 1.00 bits per heavy atom. The van der Waals surface area contributed by atoms with Gasteiger partial charge in [0.1, 0.15) is 48.8 Å². The molecule has 0 aromatic heterocycles. The lowest BCUT2D eigenvalue weighted by Crippen LogP contribution is -2.60. The minimum Gasteiger partial charge on any atom is -0.394 e. The molecule has 1 saturated heterocycles.